The van der Waals surface area contributed by atoms with Crippen LogP contribution in [0.4, 0.5) is 0 Å². The van der Waals surface area contributed by atoms with Crippen LogP contribution in [0, 0.1) is 12.8 Å². The van der Waals surface area contributed by atoms with Gasteiger partial charge in [-0.15, -0.1) is 0 Å². The summed E-state index contributed by atoms with van der Waals surface area (Å²) in [5.41, 5.74) is 2.19. The zero-order chi connectivity index (χ0) is 13.0. The molecule has 1 N–H and O–H groups in total. The highest BCUT2D eigenvalue weighted by atomic mass is 32.2. The van der Waals surface area contributed by atoms with Crippen molar-refractivity contribution in [3.05, 3.63) is 35.4 Å². The normalized spacial score (nSPS) is 16.3. The lowest BCUT2D eigenvalue weighted by Gasteiger charge is -2.06. The molecule has 0 heterocycles. The Morgan fingerprint density at radius 3 is 2.78 bits per heavy atom. The highest BCUT2D eigenvalue weighted by molar-refractivity contribution is 7.84. The Labute approximate surface area is 110 Å². The molecule has 0 radical (unpaired) electrons. The molecule has 0 saturated heterocycles. The lowest BCUT2D eigenvalue weighted by molar-refractivity contribution is -0.118. The number of carbonyl (C=O) groups excluding carboxylic acids is 1. The van der Waals surface area contributed by atoms with Crippen LogP contribution in [0.25, 0.3) is 0 Å². The Balaban J connectivity index is 1.77. The van der Waals surface area contributed by atoms with Gasteiger partial charge in [-0.2, -0.15) is 0 Å². The Morgan fingerprint density at radius 1 is 1.39 bits per heavy atom. The molecule has 1 aromatic carbocycles. The zero-order valence-electron chi connectivity index (χ0n) is 10.6. The monoisotopic (exact) mass is 265 g/mol. The molecular weight excluding hydrogens is 246 g/mol. The van der Waals surface area contributed by atoms with Crippen molar-refractivity contribution >= 4 is 16.7 Å². The van der Waals surface area contributed by atoms with Gasteiger partial charge >= 0.3 is 0 Å². The molecular formula is C14H19NO2S. The SMILES string of the molecule is Cc1ccccc1C[S@@](=O)CC(=O)NCC1CC1. The summed E-state index contributed by atoms with van der Waals surface area (Å²) in [4.78, 5) is 11.6. The van der Waals surface area contributed by atoms with Crippen molar-refractivity contribution in [3.63, 3.8) is 0 Å². The number of carbonyl (C=O) groups is 1. The Hall–Kier alpha value is -1.16. The van der Waals surface area contributed by atoms with E-state index in [4.69, 9.17) is 0 Å². The molecule has 1 amide bonds. The molecule has 2 rings (SSSR count). The average molecular weight is 265 g/mol. The Morgan fingerprint density at radius 2 is 2.11 bits per heavy atom. The maximum Gasteiger partial charge on any atom is 0.232 e. The smallest absolute Gasteiger partial charge is 0.232 e. The van der Waals surface area contributed by atoms with Crippen molar-refractivity contribution in [2.45, 2.75) is 25.5 Å². The number of benzene rings is 1. The second-order valence-corrected chi connectivity index (χ2v) is 6.36. The number of aryl methyl sites for hydroxylation is 1. The standard InChI is InChI=1S/C14H19NO2S/c1-11-4-2-3-5-13(11)9-18(17)10-14(16)15-8-12-6-7-12/h2-5,12H,6-10H2,1H3,(H,15,16)/t18-/m1/s1. The second kappa shape index (κ2) is 6.14. The van der Waals surface area contributed by atoms with Crippen molar-refractivity contribution < 1.29 is 9.00 Å². The van der Waals surface area contributed by atoms with Crippen LogP contribution in [-0.2, 0) is 21.3 Å². The van der Waals surface area contributed by atoms with E-state index in [1.165, 1.54) is 12.8 Å². The van der Waals surface area contributed by atoms with Gasteiger partial charge in [0.1, 0.15) is 5.75 Å². The summed E-state index contributed by atoms with van der Waals surface area (Å²) >= 11 is 0. The molecule has 98 valence electrons. The van der Waals surface area contributed by atoms with Crippen molar-refractivity contribution in [2.75, 3.05) is 12.3 Å². The molecule has 3 nitrogen and oxygen atoms in total. The van der Waals surface area contributed by atoms with Crippen LogP contribution in [0.15, 0.2) is 24.3 Å². The predicted molar refractivity (Wildman–Crippen MR) is 73.6 cm³/mol. The summed E-state index contributed by atoms with van der Waals surface area (Å²) in [6.07, 6.45) is 2.43. The molecule has 0 bridgehead atoms. The van der Waals surface area contributed by atoms with Gasteiger partial charge in [0.2, 0.25) is 5.91 Å². The van der Waals surface area contributed by atoms with E-state index in [1.54, 1.807) is 0 Å². The lowest BCUT2D eigenvalue weighted by Crippen LogP contribution is -2.30. The summed E-state index contributed by atoms with van der Waals surface area (Å²) in [6.45, 7) is 2.75. The minimum Gasteiger partial charge on any atom is -0.355 e. The van der Waals surface area contributed by atoms with E-state index in [1.807, 2.05) is 31.2 Å². The summed E-state index contributed by atoms with van der Waals surface area (Å²) < 4.78 is 11.9. The molecule has 1 aliphatic carbocycles. The van der Waals surface area contributed by atoms with E-state index >= 15 is 0 Å². The van der Waals surface area contributed by atoms with Crippen molar-refractivity contribution in [3.8, 4) is 0 Å². The van der Waals surface area contributed by atoms with Crippen LogP contribution >= 0.6 is 0 Å². The van der Waals surface area contributed by atoms with E-state index in [0.717, 1.165) is 17.7 Å². The Kier molecular flexibility index (Phi) is 4.53. The molecule has 0 aliphatic heterocycles. The second-order valence-electron chi connectivity index (χ2n) is 4.90. The molecule has 1 fully saturated rings. The van der Waals surface area contributed by atoms with Crippen LogP contribution in [0.2, 0.25) is 0 Å². The molecule has 18 heavy (non-hydrogen) atoms. The molecule has 1 aliphatic rings. The van der Waals surface area contributed by atoms with E-state index in [0.29, 0.717) is 11.7 Å². The first kappa shape index (κ1) is 13.3. The fourth-order valence-corrected chi connectivity index (χ4v) is 2.94. The van der Waals surface area contributed by atoms with Gasteiger partial charge < -0.3 is 5.32 Å². The fraction of sp³-hybridized carbons (Fsp3) is 0.500. The highest BCUT2D eigenvalue weighted by Crippen LogP contribution is 2.27. The van der Waals surface area contributed by atoms with Gasteiger partial charge in [0.05, 0.1) is 0 Å². The quantitative estimate of drug-likeness (QED) is 0.852. The van der Waals surface area contributed by atoms with Gasteiger partial charge in [0.25, 0.3) is 0 Å². The molecule has 1 atom stereocenters. The van der Waals surface area contributed by atoms with Crippen LogP contribution in [0.5, 0.6) is 0 Å². The summed E-state index contributed by atoms with van der Waals surface area (Å²) in [7, 11) is -1.12. The van der Waals surface area contributed by atoms with E-state index < -0.39 is 10.8 Å². The zero-order valence-corrected chi connectivity index (χ0v) is 11.5. The van der Waals surface area contributed by atoms with Crippen LogP contribution in [-0.4, -0.2) is 22.4 Å². The number of nitrogens with one attached hydrogen (secondary N) is 1. The lowest BCUT2D eigenvalue weighted by atomic mass is 10.1. The number of rotatable bonds is 6. The van der Waals surface area contributed by atoms with Crippen molar-refractivity contribution in [1.29, 1.82) is 0 Å². The first-order valence-electron chi connectivity index (χ1n) is 6.31. The number of hydrogen-bond donors (Lipinski definition) is 1. The van der Waals surface area contributed by atoms with E-state index in [9.17, 15) is 9.00 Å². The van der Waals surface area contributed by atoms with Gasteiger partial charge in [-0.3, -0.25) is 9.00 Å². The van der Waals surface area contributed by atoms with Crippen LogP contribution < -0.4 is 5.32 Å². The fourth-order valence-electron chi connectivity index (χ4n) is 1.77. The minimum absolute atomic E-state index is 0.0891. The molecule has 0 unspecified atom stereocenters. The van der Waals surface area contributed by atoms with Crippen LogP contribution in [0.1, 0.15) is 24.0 Å². The molecule has 1 aromatic rings. The Bertz CT molecular complexity index is 455. The number of amides is 1. The third-order valence-electron chi connectivity index (χ3n) is 3.15. The molecule has 0 aromatic heterocycles. The van der Waals surface area contributed by atoms with Gasteiger partial charge in [-0.05, 0) is 36.8 Å². The van der Waals surface area contributed by atoms with Crippen LogP contribution in [0.3, 0.4) is 0 Å². The third kappa shape index (κ3) is 4.26. The summed E-state index contributed by atoms with van der Waals surface area (Å²) in [6, 6.07) is 7.87. The molecule has 4 heteroatoms. The maximum absolute atomic E-state index is 11.9. The summed E-state index contributed by atoms with van der Waals surface area (Å²) in [5.74, 6) is 1.15. The largest absolute Gasteiger partial charge is 0.355 e. The summed E-state index contributed by atoms with van der Waals surface area (Å²) in [5, 5.41) is 2.84. The van der Waals surface area contributed by atoms with Gasteiger partial charge in [-0.25, -0.2) is 0 Å². The van der Waals surface area contributed by atoms with E-state index in [-0.39, 0.29) is 11.7 Å². The topological polar surface area (TPSA) is 46.2 Å². The van der Waals surface area contributed by atoms with Crippen molar-refractivity contribution in [2.24, 2.45) is 5.92 Å². The maximum atomic E-state index is 11.9. The van der Waals surface area contributed by atoms with Gasteiger partial charge in [-0.1, -0.05) is 24.3 Å². The predicted octanol–water partition coefficient (Wildman–Crippen LogP) is 1.77. The highest BCUT2D eigenvalue weighted by Gasteiger charge is 2.21. The third-order valence-corrected chi connectivity index (χ3v) is 4.37. The van der Waals surface area contributed by atoms with Gasteiger partial charge in [0.15, 0.2) is 0 Å². The van der Waals surface area contributed by atoms with Crippen molar-refractivity contribution in [1.82, 2.24) is 5.32 Å². The first-order chi connectivity index (χ1) is 8.65. The minimum atomic E-state index is -1.12. The number of hydrogen-bond acceptors (Lipinski definition) is 2. The van der Waals surface area contributed by atoms with E-state index in [2.05, 4.69) is 5.32 Å². The average Bonchev–Trinajstić information content (AvgIpc) is 3.13. The molecule has 1 saturated carbocycles. The van der Waals surface area contributed by atoms with Gasteiger partial charge in [0, 0.05) is 23.1 Å². The molecule has 0 spiro atoms. The first-order valence-corrected chi connectivity index (χ1v) is 7.80.